The molecular formula is C8H10O4. The van der Waals surface area contributed by atoms with E-state index in [4.69, 9.17) is 10.2 Å². The van der Waals surface area contributed by atoms with E-state index in [0.29, 0.717) is 0 Å². The zero-order chi connectivity index (χ0) is 9.98. The van der Waals surface area contributed by atoms with Gasteiger partial charge < -0.3 is 10.2 Å². The summed E-state index contributed by atoms with van der Waals surface area (Å²) in [5, 5.41) is 15.6. The number of hydrogen-bond donors (Lipinski definition) is 2. The van der Waals surface area contributed by atoms with Gasteiger partial charge in [0.2, 0.25) is 0 Å². The smallest absolute Gasteiger partial charge is 0.315 e. The van der Waals surface area contributed by atoms with Gasteiger partial charge in [-0.15, -0.1) is 13.0 Å². The average Bonchev–Trinajstić information content (AvgIpc) is 1.87. The molecule has 0 aromatic rings. The van der Waals surface area contributed by atoms with Gasteiger partial charge in [0.1, 0.15) is 6.42 Å². The topological polar surface area (TPSA) is 74.6 Å². The minimum Gasteiger partial charge on any atom is -0.481 e. The highest BCUT2D eigenvalue weighted by molar-refractivity contribution is 5.69. The summed E-state index contributed by atoms with van der Waals surface area (Å²) >= 11 is 0. The monoisotopic (exact) mass is 170 g/mol. The Labute approximate surface area is 70.5 Å². The molecule has 0 aliphatic heterocycles. The molecule has 0 amide bonds. The third kappa shape index (κ3) is 24.0. The van der Waals surface area contributed by atoms with Crippen LogP contribution in [0.3, 0.4) is 0 Å². The molecule has 0 saturated heterocycles. The minimum absolute atomic E-state index is 0.0556. The van der Waals surface area contributed by atoms with E-state index in [9.17, 15) is 9.59 Å². The molecule has 0 aromatic heterocycles. The Morgan fingerprint density at radius 1 is 1.42 bits per heavy atom. The van der Waals surface area contributed by atoms with E-state index >= 15 is 0 Å². The number of rotatable bonds is 3. The molecule has 0 fully saturated rings. The van der Waals surface area contributed by atoms with Gasteiger partial charge in [0.15, 0.2) is 0 Å². The van der Waals surface area contributed by atoms with Gasteiger partial charge in [-0.05, 0) is 0 Å². The first kappa shape index (κ1) is 12.9. The van der Waals surface area contributed by atoms with Crippen molar-refractivity contribution in [3.63, 3.8) is 0 Å². The van der Waals surface area contributed by atoms with E-state index in [-0.39, 0.29) is 12.8 Å². The lowest BCUT2D eigenvalue weighted by atomic mass is 10.4. The van der Waals surface area contributed by atoms with Crippen LogP contribution < -0.4 is 0 Å². The first-order chi connectivity index (χ1) is 5.54. The third-order valence-electron chi connectivity index (χ3n) is 0.572. The number of carboxylic acid groups (broad SMARTS) is 2. The highest BCUT2D eigenvalue weighted by Crippen LogP contribution is 1.74. The van der Waals surface area contributed by atoms with Crippen LogP contribution in [0.4, 0.5) is 0 Å². The Balaban J connectivity index is 0. The van der Waals surface area contributed by atoms with Crippen LogP contribution in [0.5, 0.6) is 0 Å². The number of carboxylic acids is 2. The van der Waals surface area contributed by atoms with E-state index in [2.05, 4.69) is 13.0 Å². The molecule has 66 valence electrons. The van der Waals surface area contributed by atoms with E-state index in [1.165, 1.54) is 6.08 Å². The summed E-state index contributed by atoms with van der Waals surface area (Å²) in [6.45, 7) is 3.22. The van der Waals surface area contributed by atoms with Crippen molar-refractivity contribution in [1.29, 1.82) is 0 Å². The zero-order valence-corrected chi connectivity index (χ0v) is 6.49. The fourth-order valence-electron chi connectivity index (χ4n) is 0.211. The molecule has 0 aliphatic rings. The predicted octanol–water partition coefficient (Wildman–Crippen LogP) is 0.741. The molecule has 4 nitrogen and oxygen atoms in total. The molecule has 4 heteroatoms. The van der Waals surface area contributed by atoms with Crippen molar-refractivity contribution in [2.45, 2.75) is 12.8 Å². The van der Waals surface area contributed by atoms with Crippen molar-refractivity contribution in [1.82, 2.24) is 0 Å². The molecule has 0 spiro atoms. The molecule has 0 atom stereocenters. The number of carbonyl (C=O) groups is 2. The first-order valence-electron chi connectivity index (χ1n) is 3.02. The molecular weight excluding hydrogens is 160 g/mol. The quantitative estimate of drug-likeness (QED) is 0.484. The van der Waals surface area contributed by atoms with Crippen LogP contribution in [0.2, 0.25) is 0 Å². The fourth-order valence-corrected chi connectivity index (χ4v) is 0.211. The summed E-state index contributed by atoms with van der Waals surface area (Å²) < 4.78 is 0. The van der Waals surface area contributed by atoms with Crippen molar-refractivity contribution in [2.24, 2.45) is 0 Å². The van der Waals surface area contributed by atoms with Gasteiger partial charge in [-0.2, -0.15) is 0 Å². The Morgan fingerprint density at radius 2 is 1.92 bits per heavy atom. The van der Waals surface area contributed by atoms with Crippen LogP contribution in [-0.2, 0) is 9.59 Å². The van der Waals surface area contributed by atoms with Crippen molar-refractivity contribution in [2.75, 3.05) is 0 Å². The number of hydrogen-bond acceptors (Lipinski definition) is 2. The standard InChI is InChI=1S/C4H6O2.C4H4O2/c2*1-2-3-4(5)6/h2H,1,3H2,(H,5,6);1H,3H2,(H,5,6). The maximum absolute atomic E-state index is 9.53. The molecule has 12 heavy (non-hydrogen) atoms. The van der Waals surface area contributed by atoms with Crippen molar-refractivity contribution in [3.05, 3.63) is 12.7 Å². The van der Waals surface area contributed by atoms with E-state index in [1.54, 1.807) is 0 Å². The molecule has 2 N–H and O–H groups in total. The van der Waals surface area contributed by atoms with Crippen LogP contribution in [0.25, 0.3) is 0 Å². The van der Waals surface area contributed by atoms with Gasteiger partial charge in [0.05, 0.1) is 6.42 Å². The Kier molecular flexibility index (Phi) is 9.91. The summed E-state index contributed by atoms with van der Waals surface area (Å²) in [6, 6.07) is 0. The third-order valence-corrected chi connectivity index (χ3v) is 0.572. The Morgan fingerprint density at radius 3 is 1.92 bits per heavy atom. The molecule has 0 rings (SSSR count). The van der Waals surface area contributed by atoms with E-state index in [0.717, 1.165) is 0 Å². The van der Waals surface area contributed by atoms with Crippen molar-refractivity contribution < 1.29 is 19.8 Å². The van der Waals surface area contributed by atoms with Crippen LogP contribution in [0.1, 0.15) is 12.8 Å². The SMILES string of the molecule is C#CCC(=O)O.C=CCC(=O)O. The second-order valence-electron chi connectivity index (χ2n) is 1.66. The van der Waals surface area contributed by atoms with Gasteiger partial charge in [-0.1, -0.05) is 12.0 Å². The zero-order valence-electron chi connectivity index (χ0n) is 6.49. The van der Waals surface area contributed by atoms with Gasteiger partial charge in [0, 0.05) is 0 Å². The highest BCUT2D eigenvalue weighted by atomic mass is 16.4. The van der Waals surface area contributed by atoms with Crippen LogP contribution >= 0.6 is 0 Å². The predicted molar refractivity (Wildman–Crippen MR) is 43.5 cm³/mol. The number of terminal acetylenes is 1. The second kappa shape index (κ2) is 9.24. The maximum atomic E-state index is 9.53. The van der Waals surface area contributed by atoms with E-state index in [1.807, 2.05) is 5.92 Å². The van der Waals surface area contributed by atoms with Gasteiger partial charge in [0.25, 0.3) is 0 Å². The van der Waals surface area contributed by atoms with Crippen molar-refractivity contribution >= 4 is 11.9 Å². The van der Waals surface area contributed by atoms with Gasteiger partial charge in [-0.3, -0.25) is 9.59 Å². The summed E-state index contributed by atoms with van der Waals surface area (Å²) in [5.74, 6) is 0.192. The molecule has 0 aliphatic carbocycles. The average molecular weight is 170 g/mol. The first-order valence-corrected chi connectivity index (χ1v) is 3.02. The van der Waals surface area contributed by atoms with Gasteiger partial charge >= 0.3 is 11.9 Å². The molecule has 0 heterocycles. The van der Waals surface area contributed by atoms with E-state index < -0.39 is 11.9 Å². The summed E-state index contributed by atoms with van der Waals surface area (Å²) in [4.78, 5) is 19.0. The Bertz CT molecular complexity index is 200. The molecule has 0 saturated carbocycles. The molecule has 0 aromatic carbocycles. The largest absolute Gasteiger partial charge is 0.481 e. The highest BCUT2D eigenvalue weighted by Gasteiger charge is 1.85. The second-order valence-corrected chi connectivity index (χ2v) is 1.66. The Hall–Kier alpha value is -1.76. The summed E-state index contributed by atoms with van der Waals surface area (Å²) in [6.07, 6.45) is 5.82. The fraction of sp³-hybridized carbons (Fsp3) is 0.250. The lowest BCUT2D eigenvalue weighted by Gasteiger charge is -1.75. The lowest BCUT2D eigenvalue weighted by Crippen LogP contribution is -1.88. The lowest BCUT2D eigenvalue weighted by molar-refractivity contribution is -0.136. The van der Waals surface area contributed by atoms with Crippen LogP contribution in [0.15, 0.2) is 12.7 Å². The van der Waals surface area contributed by atoms with Crippen molar-refractivity contribution in [3.8, 4) is 12.3 Å². The molecule has 0 bridgehead atoms. The maximum Gasteiger partial charge on any atom is 0.315 e. The van der Waals surface area contributed by atoms with Crippen LogP contribution in [-0.4, -0.2) is 22.2 Å². The minimum atomic E-state index is -0.947. The summed E-state index contributed by atoms with van der Waals surface area (Å²) in [7, 11) is 0. The molecule has 0 radical (unpaired) electrons. The summed E-state index contributed by atoms with van der Waals surface area (Å²) in [5.41, 5.74) is 0. The normalized spacial score (nSPS) is 6.92. The van der Waals surface area contributed by atoms with Gasteiger partial charge in [-0.25, -0.2) is 0 Å². The molecule has 0 unspecified atom stereocenters. The number of aliphatic carboxylic acids is 2. The van der Waals surface area contributed by atoms with Crippen LogP contribution in [0, 0.1) is 12.3 Å².